The summed E-state index contributed by atoms with van der Waals surface area (Å²) in [6.45, 7) is 5.84. The summed E-state index contributed by atoms with van der Waals surface area (Å²) in [7, 11) is 0. The third-order valence-electron chi connectivity index (χ3n) is 3.03. The molecule has 2 aromatic heterocycles. The van der Waals surface area contributed by atoms with Crippen molar-refractivity contribution in [3.63, 3.8) is 0 Å². The molecule has 24 heavy (non-hydrogen) atoms. The number of hydrogen-bond acceptors (Lipinski definition) is 6. The van der Waals surface area contributed by atoms with Gasteiger partial charge in [0, 0.05) is 6.20 Å². The first-order chi connectivity index (χ1) is 11.7. The molecule has 0 atom stereocenters. The SMILES string of the molecule is CC.CSc1nnc(-c2ccncc2Nc2ccc(C)cc2F)o1. The molecule has 0 amide bonds. The molecular weight excluding hydrogens is 327 g/mol. The number of pyridine rings is 1. The van der Waals surface area contributed by atoms with E-state index in [2.05, 4.69) is 20.5 Å². The molecule has 0 fully saturated rings. The van der Waals surface area contributed by atoms with Gasteiger partial charge >= 0.3 is 0 Å². The van der Waals surface area contributed by atoms with Crippen LogP contribution in [-0.4, -0.2) is 21.4 Å². The van der Waals surface area contributed by atoms with Crippen LogP contribution in [0.3, 0.4) is 0 Å². The molecule has 0 aliphatic rings. The van der Waals surface area contributed by atoms with Gasteiger partial charge in [0.1, 0.15) is 5.82 Å². The molecule has 2 heterocycles. The van der Waals surface area contributed by atoms with E-state index in [1.165, 1.54) is 17.8 Å². The molecule has 126 valence electrons. The topological polar surface area (TPSA) is 63.8 Å². The monoisotopic (exact) mass is 346 g/mol. The average Bonchev–Trinajstić information content (AvgIpc) is 3.09. The van der Waals surface area contributed by atoms with Crippen LogP contribution >= 0.6 is 11.8 Å². The van der Waals surface area contributed by atoms with E-state index in [0.717, 1.165) is 5.56 Å². The quantitative estimate of drug-likeness (QED) is 0.665. The maximum atomic E-state index is 14.0. The third kappa shape index (κ3) is 4.11. The highest BCUT2D eigenvalue weighted by Gasteiger charge is 2.14. The fourth-order valence-corrected chi connectivity index (χ4v) is 2.23. The number of nitrogens with zero attached hydrogens (tertiary/aromatic N) is 3. The van der Waals surface area contributed by atoms with Gasteiger partial charge in [0.2, 0.25) is 0 Å². The van der Waals surface area contributed by atoms with Gasteiger partial charge in [-0.3, -0.25) is 4.98 Å². The number of anilines is 2. The summed E-state index contributed by atoms with van der Waals surface area (Å²) >= 11 is 1.36. The molecule has 0 aliphatic carbocycles. The zero-order valence-electron chi connectivity index (χ0n) is 14.0. The Bertz CT molecular complexity index is 807. The van der Waals surface area contributed by atoms with Gasteiger partial charge in [0.05, 0.1) is 23.1 Å². The Hall–Kier alpha value is -2.41. The molecule has 0 radical (unpaired) electrons. The second kappa shape index (κ2) is 8.44. The molecule has 0 unspecified atom stereocenters. The Kier molecular flexibility index (Phi) is 6.31. The van der Waals surface area contributed by atoms with E-state index in [1.807, 2.05) is 33.1 Å². The number of rotatable bonds is 4. The van der Waals surface area contributed by atoms with Gasteiger partial charge in [0.15, 0.2) is 0 Å². The maximum absolute atomic E-state index is 14.0. The second-order valence-electron chi connectivity index (χ2n) is 4.61. The molecule has 0 spiro atoms. The van der Waals surface area contributed by atoms with Gasteiger partial charge in [-0.05, 0) is 36.9 Å². The maximum Gasteiger partial charge on any atom is 0.276 e. The number of nitrogens with one attached hydrogen (secondary N) is 1. The summed E-state index contributed by atoms with van der Waals surface area (Å²) in [5, 5.41) is 11.4. The van der Waals surface area contributed by atoms with E-state index in [1.54, 1.807) is 24.5 Å². The molecule has 3 rings (SSSR count). The van der Waals surface area contributed by atoms with E-state index in [-0.39, 0.29) is 5.82 Å². The van der Waals surface area contributed by atoms with Crippen LogP contribution in [0.1, 0.15) is 19.4 Å². The largest absolute Gasteiger partial charge is 0.411 e. The molecule has 7 heteroatoms. The zero-order chi connectivity index (χ0) is 17.5. The Labute approximate surface area is 144 Å². The van der Waals surface area contributed by atoms with Crippen LogP contribution in [0.25, 0.3) is 11.5 Å². The van der Waals surface area contributed by atoms with Crippen LogP contribution < -0.4 is 5.32 Å². The van der Waals surface area contributed by atoms with E-state index in [4.69, 9.17) is 4.42 Å². The molecule has 0 saturated carbocycles. The van der Waals surface area contributed by atoms with Crippen molar-refractivity contribution in [2.75, 3.05) is 11.6 Å². The van der Waals surface area contributed by atoms with Gasteiger partial charge < -0.3 is 9.73 Å². The van der Waals surface area contributed by atoms with Crippen LogP contribution in [0.2, 0.25) is 0 Å². The van der Waals surface area contributed by atoms with Gasteiger partial charge in [-0.15, -0.1) is 10.2 Å². The summed E-state index contributed by atoms with van der Waals surface area (Å²) in [4.78, 5) is 4.06. The molecule has 0 saturated heterocycles. The lowest BCUT2D eigenvalue weighted by Crippen LogP contribution is -1.97. The van der Waals surface area contributed by atoms with Crippen molar-refractivity contribution in [2.45, 2.75) is 26.0 Å². The van der Waals surface area contributed by atoms with Gasteiger partial charge in [0.25, 0.3) is 11.1 Å². The summed E-state index contributed by atoms with van der Waals surface area (Å²) in [5.74, 6) is 0.0342. The van der Waals surface area contributed by atoms with E-state index >= 15 is 0 Å². The standard InChI is InChI=1S/C15H13FN4OS.C2H6/c1-9-3-4-12(11(16)7-9)18-13-8-17-6-5-10(13)14-19-20-15(21-14)22-2;1-2/h3-8,18H,1-2H3;1-2H3. The molecule has 0 aliphatic heterocycles. The van der Waals surface area contributed by atoms with Crippen molar-refractivity contribution in [3.8, 4) is 11.5 Å². The Morgan fingerprint density at radius 2 is 1.92 bits per heavy atom. The first kappa shape index (κ1) is 17.9. The van der Waals surface area contributed by atoms with E-state index in [9.17, 15) is 4.39 Å². The number of aryl methyl sites for hydroxylation is 1. The van der Waals surface area contributed by atoms with Crippen molar-refractivity contribution in [1.29, 1.82) is 0 Å². The van der Waals surface area contributed by atoms with Gasteiger partial charge in [-0.25, -0.2) is 4.39 Å². The fraction of sp³-hybridized carbons (Fsp3) is 0.235. The van der Waals surface area contributed by atoms with Gasteiger partial charge in [-0.2, -0.15) is 0 Å². The van der Waals surface area contributed by atoms with Crippen molar-refractivity contribution >= 4 is 23.1 Å². The van der Waals surface area contributed by atoms with Crippen LogP contribution in [-0.2, 0) is 0 Å². The lowest BCUT2D eigenvalue weighted by Gasteiger charge is -2.10. The fourth-order valence-electron chi connectivity index (χ4n) is 1.95. The average molecular weight is 346 g/mol. The Balaban J connectivity index is 0.00000100. The lowest BCUT2D eigenvalue weighted by atomic mass is 10.2. The van der Waals surface area contributed by atoms with Crippen LogP contribution in [0.4, 0.5) is 15.8 Å². The number of aromatic nitrogens is 3. The summed E-state index contributed by atoms with van der Waals surface area (Å²) in [6, 6.07) is 6.73. The summed E-state index contributed by atoms with van der Waals surface area (Å²) in [6.07, 6.45) is 5.07. The first-order valence-electron chi connectivity index (χ1n) is 7.52. The predicted molar refractivity (Wildman–Crippen MR) is 95.1 cm³/mol. The highest BCUT2D eigenvalue weighted by atomic mass is 32.2. The number of thioether (sulfide) groups is 1. The summed E-state index contributed by atoms with van der Waals surface area (Å²) in [5.41, 5.74) is 2.49. The molecule has 5 nitrogen and oxygen atoms in total. The number of benzene rings is 1. The minimum Gasteiger partial charge on any atom is -0.411 e. The molecule has 3 aromatic rings. The second-order valence-corrected chi connectivity index (χ2v) is 5.36. The molecule has 1 aromatic carbocycles. The van der Waals surface area contributed by atoms with Crippen LogP contribution in [0, 0.1) is 12.7 Å². The van der Waals surface area contributed by atoms with Crippen molar-refractivity contribution in [3.05, 3.63) is 48.0 Å². The minimum atomic E-state index is -0.329. The van der Waals surface area contributed by atoms with E-state index in [0.29, 0.717) is 28.1 Å². The first-order valence-corrected chi connectivity index (χ1v) is 8.75. The van der Waals surface area contributed by atoms with Crippen molar-refractivity contribution in [2.24, 2.45) is 0 Å². The van der Waals surface area contributed by atoms with Crippen LogP contribution in [0.15, 0.2) is 46.3 Å². The minimum absolute atomic E-state index is 0.329. The zero-order valence-corrected chi connectivity index (χ0v) is 14.8. The Morgan fingerprint density at radius 1 is 1.12 bits per heavy atom. The normalized spacial score (nSPS) is 10.0. The third-order valence-corrected chi connectivity index (χ3v) is 3.54. The van der Waals surface area contributed by atoms with Gasteiger partial charge in [-0.1, -0.05) is 31.7 Å². The summed E-state index contributed by atoms with van der Waals surface area (Å²) < 4.78 is 19.5. The smallest absolute Gasteiger partial charge is 0.276 e. The number of halogens is 1. The van der Waals surface area contributed by atoms with Crippen molar-refractivity contribution < 1.29 is 8.81 Å². The highest BCUT2D eigenvalue weighted by Crippen LogP contribution is 2.30. The van der Waals surface area contributed by atoms with Crippen molar-refractivity contribution in [1.82, 2.24) is 15.2 Å². The highest BCUT2D eigenvalue weighted by molar-refractivity contribution is 7.98. The molecular formula is C17H19FN4OS. The van der Waals surface area contributed by atoms with Crippen LogP contribution in [0.5, 0.6) is 0 Å². The molecule has 1 N–H and O–H groups in total. The predicted octanol–water partition coefficient (Wildman–Crippen LogP) is 5.07. The number of hydrogen-bond donors (Lipinski definition) is 1. The molecule has 0 bridgehead atoms. The van der Waals surface area contributed by atoms with E-state index < -0.39 is 0 Å². The Morgan fingerprint density at radius 3 is 2.58 bits per heavy atom. The lowest BCUT2D eigenvalue weighted by molar-refractivity contribution is 0.466.